The average molecular weight is 331 g/mol. The number of carbonyl (C=O) groups is 2. The number of halogens is 2. The molecule has 0 aromatic heterocycles. The molecule has 0 heterocycles. The van der Waals surface area contributed by atoms with Gasteiger partial charge in [-0.25, -0.2) is 4.39 Å². The molecule has 0 aliphatic heterocycles. The molecule has 5 heteroatoms. The fourth-order valence-corrected chi connectivity index (χ4v) is 2.12. The lowest BCUT2D eigenvalue weighted by atomic mass is 9.93. The second kappa shape index (κ2) is 7.38. The zero-order chi connectivity index (χ0) is 14.4. The van der Waals surface area contributed by atoms with E-state index in [0.717, 1.165) is 0 Å². The summed E-state index contributed by atoms with van der Waals surface area (Å²) in [6.07, 6.45) is 0.995. The number of esters is 1. The molecule has 1 rings (SSSR count). The Morgan fingerprint density at radius 3 is 2.63 bits per heavy atom. The van der Waals surface area contributed by atoms with Crippen molar-refractivity contribution in [2.45, 2.75) is 26.7 Å². The second-order valence-corrected chi connectivity index (χ2v) is 5.00. The number of hydrogen-bond donors (Lipinski definition) is 0. The van der Waals surface area contributed by atoms with Crippen molar-refractivity contribution in [1.29, 1.82) is 0 Å². The van der Waals surface area contributed by atoms with E-state index in [4.69, 9.17) is 4.74 Å². The summed E-state index contributed by atoms with van der Waals surface area (Å²) < 4.78 is 19.1. The summed E-state index contributed by atoms with van der Waals surface area (Å²) in [6.45, 7) is 3.73. The van der Waals surface area contributed by atoms with Crippen LogP contribution in [0.5, 0.6) is 0 Å². The highest BCUT2D eigenvalue weighted by molar-refractivity contribution is 9.10. The molecular formula is C14H16BrFO3. The van der Waals surface area contributed by atoms with E-state index >= 15 is 0 Å². The smallest absolute Gasteiger partial charge is 0.316 e. The van der Waals surface area contributed by atoms with Crippen molar-refractivity contribution in [3.05, 3.63) is 34.1 Å². The summed E-state index contributed by atoms with van der Waals surface area (Å²) in [5, 5.41) is 0. The lowest BCUT2D eigenvalue weighted by Gasteiger charge is -2.14. The van der Waals surface area contributed by atoms with Crippen molar-refractivity contribution in [3.8, 4) is 0 Å². The van der Waals surface area contributed by atoms with Crippen LogP contribution in [0.3, 0.4) is 0 Å². The molecule has 1 atom stereocenters. The molecule has 0 N–H and O–H groups in total. The number of Topliss-reactive ketones (excluding diaryl/α,β-unsaturated/α-hetero) is 1. The van der Waals surface area contributed by atoms with Gasteiger partial charge in [0.1, 0.15) is 11.7 Å². The molecular weight excluding hydrogens is 315 g/mol. The van der Waals surface area contributed by atoms with Crippen LogP contribution in [-0.2, 0) is 9.53 Å². The van der Waals surface area contributed by atoms with E-state index < -0.39 is 23.5 Å². The van der Waals surface area contributed by atoms with E-state index in [9.17, 15) is 14.0 Å². The summed E-state index contributed by atoms with van der Waals surface area (Å²) >= 11 is 3.19. The van der Waals surface area contributed by atoms with Crippen molar-refractivity contribution >= 4 is 27.7 Å². The molecule has 0 fully saturated rings. The lowest BCUT2D eigenvalue weighted by Crippen LogP contribution is -2.27. The normalized spacial score (nSPS) is 12.0. The Morgan fingerprint density at radius 1 is 1.37 bits per heavy atom. The monoisotopic (exact) mass is 330 g/mol. The molecule has 0 amide bonds. The highest BCUT2D eigenvalue weighted by Crippen LogP contribution is 2.22. The van der Waals surface area contributed by atoms with E-state index in [1.54, 1.807) is 6.92 Å². The summed E-state index contributed by atoms with van der Waals surface area (Å²) in [5.41, 5.74) is -0.0825. The Morgan fingerprint density at radius 2 is 2.05 bits per heavy atom. The number of hydrogen-bond acceptors (Lipinski definition) is 3. The number of rotatable bonds is 6. The molecule has 3 nitrogen and oxygen atoms in total. The third kappa shape index (κ3) is 4.13. The van der Waals surface area contributed by atoms with Crippen LogP contribution in [0.15, 0.2) is 22.7 Å². The van der Waals surface area contributed by atoms with Gasteiger partial charge in [-0.15, -0.1) is 0 Å². The molecule has 0 aliphatic rings. The maximum Gasteiger partial charge on any atom is 0.316 e. The molecule has 0 spiro atoms. The number of carbonyl (C=O) groups excluding carboxylic acids is 2. The summed E-state index contributed by atoms with van der Waals surface area (Å²) in [4.78, 5) is 24.0. The van der Waals surface area contributed by atoms with Crippen LogP contribution in [0.1, 0.15) is 37.0 Å². The first-order chi connectivity index (χ1) is 9.01. The van der Waals surface area contributed by atoms with Crippen molar-refractivity contribution in [2.24, 2.45) is 5.92 Å². The first-order valence-electron chi connectivity index (χ1n) is 6.17. The largest absolute Gasteiger partial charge is 0.465 e. The predicted octanol–water partition coefficient (Wildman–Crippen LogP) is 3.75. The Hall–Kier alpha value is -1.23. The van der Waals surface area contributed by atoms with Crippen LogP contribution < -0.4 is 0 Å². The first-order valence-corrected chi connectivity index (χ1v) is 6.96. The molecule has 0 bridgehead atoms. The molecule has 1 aromatic rings. The Balaban J connectivity index is 3.05. The summed E-state index contributed by atoms with van der Waals surface area (Å²) in [5.74, 6) is -2.68. The van der Waals surface area contributed by atoms with Crippen LogP contribution in [-0.4, -0.2) is 18.4 Å². The highest BCUT2D eigenvalue weighted by atomic mass is 79.9. The van der Waals surface area contributed by atoms with Gasteiger partial charge in [0.25, 0.3) is 0 Å². The predicted molar refractivity (Wildman–Crippen MR) is 73.5 cm³/mol. The minimum Gasteiger partial charge on any atom is -0.465 e. The molecule has 0 saturated carbocycles. The quantitative estimate of drug-likeness (QED) is 0.453. The van der Waals surface area contributed by atoms with Gasteiger partial charge in [0.2, 0.25) is 0 Å². The van der Waals surface area contributed by atoms with Gasteiger partial charge >= 0.3 is 5.97 Å². The van der Waals surface area contributed by atoms with Crippen molar-refractivity contribution in [2.75, 3.05) is 6.61 Å². The first kappa shape index (κ1) is 15.8. The molecule has 19 heavy (non-hydrogen) atoms. The Bertz CT molecular complexity index is 474. The van der Waals surface area contributed by atoms with Crippen LogP contribution in [0.4, 0.5) is 4.39 Å². The standard InChI is InChI=1S/C14H16BrFO3/c1-3-5-10(14(18)19-4-2)13(17)11-8-9(15)6-7-12(11)16/h6-8,10H,3-5H2,1-2H3. The molecule has 0 aliphatic carbocycles. The van der Waals surface area contributed by atoms with E-state index in [-0.39, 0.29) is 12.2 Å². The third-order valence-electron chi connectivity index (χ3n) is 2.66. The highest BCUT2D eigenvalue weighted by Gasteiger charge is 2.29. The van der Waals surface area contributed by atoms with Crippen LogP contribution >= 0.6 is 15.9 Å². The van der Waals surface area contributed by atoms with Gasteiger partial charge in [-0.1, -0.05) is 29.3 Å². The minimum atomic E-state index is -0.936. The van der Waals surface area contributed by atoms with E-state index in [1.807, 2.05) is 6.92 Å². The lowest BCUT2D eigenvalue weighted by molar-refractivity contribution is -0.146. The molecule has 1 aromatic carbocycles. The SMILES string of the molecule is CCCC(C(=O)OCC)C(=O)c1cc(Br)ccc1F. The maximum absolute atomic E-state index is 13.7. The van der Waals surface area contributed by atoms with Gasteiger partial charge in [-0.3, -0.25) is 9.59 Å². The van der Waals surface area contributed by atoms with Crippen molar-refractivity contribution in [1.82, 2.24) is 0 Å². The number of ketones is 1. The molecule has 0 saturated heterocycles. The summed E-state index contributed by atoms with van der Waals surface area (Å²) in [7, 11) is 0. The van der Waals surface area contributed by atoms with Crippen LogP contribution in [0.2, 0.25) is 0 Å². The van der Waals surface area contributed by atoms with Gasteiger partial charge < -0.3 is 4.74 Å². The minimum absolute atomic E-state index is 0.0825. The van der Waals surface area contributed by atoms with E-state index in [1.165, 1.54) is 18.2 Å². The zero-order valence-electron chi connectivity index (χ0n) is 10.9. The van der Waals surface area contributed by atoms with Gasteiger partial charge in [0, 0.05) is 4.47 Å². The third-order valence-corrected chi connectivity index (χ3v) is 3.15. The number of benzene rings is 1. The van der Waals surface area contributed by atoms with Gasteiger partial charge in [-0.2, -0.15) is 0 Å². The maximum atomic E-state index is 13.7. The Labute approximate surface area is 120 Å². The number of ether oxygens (including phenoxy) is 1. The average Bonchev–Trinajstić information content (AvgIpc) is 2.38. The second-order valence-electron chi connectivity index (χ2n) is 4.08. The van der Waals surface area contributed by atoms with Crippen molar-refractivity contribution < 1.29 is 18.7 Å². The van der Waals surface area contributed by atoms with Gasteiger partial charge in [-0.05, 0) is 31.5 Å². The van der Waals surface area contributed by atoms with Gasteiger partial charge in [0.05, 0.1) is 12.2 Å². The zero-order valence-corrected chi connectivity index (χ0v) is 12.5. The fraction of sp³-hybridized carbons (Fsp3) is 0.429. The van der Waals surface area contributed by atoms with Gasteiger partial charge in [0.15, 0.2) is 5.78 Å². The topological polar surface area (TPSA) is 43.4 Å². The van der Waals surface area contributed by atoms with Crippen LogP contribution in [0, 0.1) is 11.7 Å². The van der Waals surface area contributed by atoms with Crippen LogP contribution in [0.25, 0.3) is 0 Å². The molecule has 104 valence electrons. The Kier molecular flexibility index (Phi) is 6.15. The summed E-state index contributed by atoms with van der Waals surface area (Å²) in [6, 6.07) is 4.09. The molecule has 0 radical (unpaired) electrons. The fourth-order valence-electron chi connectivity index (χ4n) is 1.76. The van der Waals surface area contributed by atoms with E-state index in [0.29, 0.717) is 17.3 Å². The van der Waals surface area contributed by atoms with Crippen molar-refractivity contribution in [3.63, 3.8) is 0 Å². The van der Waals surface area contributed by atoms with E-state index in [2.05, 4.69) is 15.9 Å². The molecule has 1 unspecified atom stereocenters.